The van der Waals surface area contributed by atoms with E-state index in [0.717, 1.165) is 0 Å². The molecule has 2 spiro atoms. The number of carbonyl (C=O) groups is 6. The number of carbonyl (C=O) groups excluding carboxylic acids is 6. The summed E-state index contributed by atoms with van der Waals surface area (Å²) < 4.78 is 82.2. The Bertz CT molecular complexity index is 1970. The van der Waals surface area contributed by atoms with Gasteiger partial charge in [-0.1, -0.05) is 27.7 Å². The molecule has 0 radical (unpaired) electrons. The lowest BCUT2D eigenvalue weighted by Gasteiger charge is -2.64. The van der Waals surface area contributed by atoms with Gasteiger partial charge in [-0.05, 0) is 75.0 Å². The SMILES string of the molecule is CC(=O)OC[C@@]12[C@@H](OC(C)=O)C[C@@H](C)[C@](C)([C@@H]3C[C@H]4C[C@H](O[C@@H]5C[C@@H]6C[C@@H]([C@@]7(C)[C@H](C)C[C@H](OC(C)=O)[C@]8(COC(C)=O)[C@@H]7CC[C@H](OC(C)=O)[C@]87CO7)O[C@H]6O5)O[C@@H]4O3)[C@H]1CC[C@H](OC(C)=O)[C@]21CO1. The van der Waals surface area contributed by atoms with Crippen LogP contribution in [0.15, 0.2) is 0 Å². The van der Waals surface area contributed by atoms with E-state index in [1.807, 2.05) is 0 Å². The molecular formula is C52H74O19. The highest BCUT2D eigenvalue weighted by Crippen LogP contribution is 2.73. The van der Waals surface area contributed by atoms with Crippen molar-refractivity contribution in [3.8, 4) is 0 Å². The number of fused-ring (bicyclic) bond motifs is 6. The van der Waals surface area contributed by atoms with Gasteiger partial charge in [0.25, 0.3) is 0 Å². The Hall–Kier alpha value is -3.46. The van der Waals surface area contributed by atoms with Crippen molar-refractivity contribution >= 4 is 35.8 Å². The summed E-state index contributed by atoms with van der Waals surface area (Å²) in [5.74, 6) is -3.05. The zero-order valence-corrected chi connectivity index (χ0v) is 42.9. The first-order valence-electron chi connectivity index (χ1n) is 26.0. The molecule has 71 heavy (non-hydrogen) atoms. The van der Waals surface area contributed by atoms with Crippen molar-refractivity contribution in [2.75, 3.05) is 26.4 Å². The molecule has 4 saturated carbocycles. The number of hydrogen-bond acceptors (Lipinski definition) is 19. The Balaban J connectivity index is 0.819. The summed E-state index contributed by atoms with van der Waals surface area (Å²) >= 11 is 0. The Morgan fingerprint density at radius 1 is 0.465 bits per heavy atom. The molecule has 6 saturated heterocycles. The van der Waals surface area contributed by atoms with Gasteiger partial charge in [-0.2, -0.15) is 0 Å². The van der Waals surface area contributed by atoms with Crippen LogP contribution >= 0.6 is 0 Å². The molecule has 0 aromatic heterocycles. The van der Waals surface area contributed by atoms with Crippen LogP contribution in [-0.2, 0) is 90.3 Å². The third-order valence-electron chi connectivity index (χ3n) is 20.0. The van der Waals surface area contributed by atoms with E-state index in [2.05, 4.69) is 27.7 Å². The standard InChI is InChI=1S/C52H74O19/c1-25-15-41(65-31(7)57)49(21-59-27(3)53)35(11-13-37(63-29(5)55)51(49)23-61-51)47(25,9)39-17-33-19-43(70-45(33)67-39)69-44-20-34-18-40(68-46(34)71-44)48(10)26(2)16-42(66-32(8)58)50(22-60-28(4)54)36(48)12-14-38(64-30(6)56)52(50)24-62-52/h25-26,33-46H,11-24H2,1-10H3/t25-,26-,33+,34+,35-,36-,37+,38+,39+,40+,41+,42+,43-,44+,45+,46+,47+,48+,49+,50+,51-,52-/m1/s1. The smallest absolute Gasteiger partial charge is 0.303 e. The highest BCUT2D eigenvalue weighted by atomic mass is 16.8. The van der Waals surface area contributed by atoms with E-state index in [1.165, 1.54) is 41.5 Å². The van der Waals surface area contributed by atoms with Crippen LogP contribution in [0.1, 0.15) is 133 Å². The number of epoxide rings is 2. The number of rotatable bonds is 12. The van der Waals surface area contributed by atoms with Gasteiger partial charge in [0, 0.05) is 77.0 Å². The fourth-order valence-electron chi connectivity index (χ4n) is 16.6. The average Bonchev–Trinajstić information content (AvgIpc) is 4.06. The van der Waals surface area contributed by atoms with Gasteiger partial charge in [0.15, 0.2) is 25.2 Å². The first-order chi connectivity index (χ1) is 33.5. The molecule has 10 fully saturated rings. The second-order valence-electron chi connectivity index (χ2n) is 23.4. The van der Waals surface area contributed by atoms with E-state index in [-0.39, 0.29) is 74.1 Å². The molecule has 19 heteroatoms. The van der Waals surface area contributed by atoms with Crippen LogP contribution in [0.25, 0.3) is 0 Å². The predicted molar refractivity (Wildman–Crippen MR) is 241 cm³/mol. The van der Waals surface area contributed by atoms with Crippen LogP contribution in [0, 0.1) is 57.2 Å². The third kappa shape index (κ3) is 7.97. The molecule has 19 nitrogen and oxygen atoms in total. The molecular weight excluding hydrogens is 929 g/mol. The summed E-state index contributed by atoms with van der Waals surface area (Å²) in [6.45, 7) is 17.4. The Labute approximate surface area is 415 Å². The molecule has 10 aliphatic rings. The summed E-state index contributed by atoms with van der Waals surface area (Å²) in [5.41, 5.74) is -5.07. The second kappa shape index (κ2) is 18.1. The maximum Gasteiger partial charge on any atom is 0.303 e. The quantitative estimate of drug-likeness (QED) is 0.138. The van der Waals surface area contributed by atoms with Gasteiger partial charge in [0.1, 0.15) is 48.8 Å². The van der Waals surface area contributed by atoms with Crippen molar-refractivity contribution in [2.45, 2.75) is 206 Å². The van der Waals surface area contributed by atoms with Crippen LogP contribution in [0.3, 0.4) is 0 Å². The van der Waals surface area contributed by atoms with Crippen molar-refractivity contribution in [3.05, 3.63) is 0 Å². The normalized spacial score (nSPS) is 49.9. The Morgan fingerprint density at radius 3 is 1.13 bits per heavy atom. The average molecular weight is 1000 g/mol. The van der Waals surface area contributed by atoms with Crippen molar-refractivity contribution < 1.29 is 90.3 Å². The van der Waals surface area contributed by atoms with Crippen molar-refractivity contribution in [1.29, 1.82) is 0 Å². The molecule has 4 aliphatic carbocycles. The molecule has 0 N–H and O–H groups in total. The van der Waals surface area contributed by atoms with Crippen LogP contribution in [0.2, 0.25) is 0 Å². The number of esters is 6. The van der Waals surface area contributed by atoms with Gasteiger partial charge >= 0.3 is 35.8 Å². The monoisotopic (exact) mass is 1000 g/mol. The highest BCUT2D eigenvalue weighted by Gasteiger charge is 2.82. The summed E-state index contributed by atoms with van der Waals surface area (Å²) in [4.78, 5) is 75.4. The van der Waals surface area contributed by atoms with Crippen LogP contribution in [0.4, 0.5) is 0 Å². The second-order valence-corrected chi connectivity index (χ2v) is 23.4. The lowest BCUT2D eigenvalue weighted by atomic mass is 9.42. The third-order valence-corrected chi connectivity index (χ3v) is 20.0. The lowest BCUT2D eigenvalue weighted by Crippen LogP contribution is -2.72. The van der Waals surface area contributed by atoms with Crippen molar-refractivity contribution in [1.82, 2.24) is 0 Å². The molecule has 10 rings (SSSR count). The van der Waals surface area contributed by atoms with Gasteiger partial charge in [-0.3, -0.25) is 28.8 Å². The first kappa shape index (κ1) is 51.0. The zero-order chi connectivity index (χ0) is 50.8. The zero-order valence-electron chi connectivity index (χ0n) is 42.9. The Kier molecular flexibility index (Phi) is 13.0. The van der Waals surface area contributed by atoms with Gasteiger partial charge < -0.3 is 61.6 Å². The minimum atomic E-state index is -1.01. The highest BCUT2D eigenvalue weighted by molar-refractivity contribution is 5.69. The maximum absolute atomic E-state index is 12.8. The topological polar surface area (TPSA) is 229 Å². The molecule has 0 unspecified atom stereocenters. The predicted octanol–water partition coefficient (Wildman–Crippen LogP) is 5.23. The summed E-state index contributed by atoms with van der Waals surface area (Å²) in [5, 5.41) is 0. The molecule has 0 aromatic carbocycles. The van der Waals surface area contributed by atoms with E-state index >= 15 is 0 Å². The van der Waals surface area contributed by atoms with E-state index in [1.54, 1.807) is 0 Å². The number of ether oxygens (including phenoxy) is 13. The molecule has 6 aliphatic heterocycles. The fraction of sp³-hybridized carbons (Fsp3) is 0.885. The molecule has 22 atom stereocenters. The van der Waals surface area contributed by atoms with E-state index < -0.39 is 118 Å². The van der Waals surface area contributed by atoms with E-state index in [9.17, 15) is 28.8 Å². The molecule has 0 aromatic rings. The van der Waals surface area contributed by atoms with Gasteiger partial charge in [0.05, 0.1) is 36.3 Å². The van der Waals surface area contributed by atoms with Gasteiger partial charge in [-0.25, -0.2) is 0 Å². The first-order valence-corrected chi connectivity index (χ1v) is 26.0. The number of hydrogen-bond donors (Lipinski definition) is 0. The van der Waals surface area contributed by atoms with Crippen LogP contribution in [-0.4, -0.2) is 135 Å². The summed E-state index contributed by atoms with van der Waals surface area (Å²) in [6, 6.07) is 0. The molecule has 396 valence electrons. The van der Waals surface area contributed by atoms with Gasteiger partial charge in [0.2, 0.25) is 0 Å². The minimum Gasteiger partial charge on any atom is -0.465 e. The largest absolute Gasteiger partial charge is 0.465 e. The summed E-state index contributed by atoms with van der Waals surface area (Å²) in [7, 11) is 0. The maximum atomic E-state index is 12.8. The fourth-order valence-corrected chi connectivity index (χ4v) is 16.6. The molecule has 6 heterocycles. The van der Waals surface area contributed by atoms with E-state index in [4.69, 9.17) is 61.6 Å². The lowest BCUT2D eigenvalue weighted by molar-refractivity contribution is -0.304. The van der Waals surface area contributed by atoms with Crippen molar-refractivity contribution in [2.24, 2.45) is 57.2 Å². The molecule has 0 amide bonds. The Morgan fingerprint density at radius 2 is 0.817 bits per heavy atom. The molecule has 0 bridgehead atoms. The van der Waals surface area contributed by atoms with Crippen LogP contribution < -0.4 is 0 Å². The minimum absolute atomic E-state index is 0.00719. The van der Waals surface area contributed by atoms with Crippen molar-refractivity contribution in [3.63, 3.8) is 0 Å². The van der Waals surface area contributed by atoms with E-state index in [0.29, 0.717) is 64.2 Å². The summed E-state index contributed by atoms with van der Waals surface area (Å²) in [6.07, 6.45) is 0.481. The van der Waals surface area contributed by atoms with Crippen LogP contribution in [0.5, 0.6) is 0 Å². The van der Waals surface area contributed by atoms with Gasteiger partial charge in [-0.15, -0.1) is 0 Å².